The van der Waals surface area contributed by atoms with Crippen molar-refractivity contribution < 1.29 is 33.2 Å². The molecule has 5 nitrogen and oxygen atoms in total. The zero-order valence-electron chi connectivity index (χ0n) is 9.76. The highest BCUT2D eigenvalue weighted by Crippen LogP contribution is 2.34. The second-order valence-corrected chi connectivity index (χ2v) is 3.86. The minimum Gasteiger partial charge on any atom is -0.508 e. The third-order valence-electron chi connectivity index (χ3n) is 2.36. The molecule has 0 heterocycles. The summed E-state index contributed by atoms with van der Waals surface area (Å²) in [6, 6.07) is 2.73. The normalized spacial score (nSPS) is 15.1. The van der Waals surface area contributed by atoms with Crippen molar-refractivity contribution in [1.29, 1.82) is 0 Å². The highest BCUT2D eigenvalue weighted by molar-refractivity contribution is 5.41. The largest absolute Gasteiger partial charge is 0.573 e. The number of hydrogen-bond acceptors (Lipinski definition) is 5. The van der Waals surface area contributed by atoms with Gasteiger partial charge in [0.05, 0.1) is 6.10 Å². The van der Waals surface area contributed by atoms with E-state index in [1.54, 1.807) is 0 Å². The molecule has 108 valence electrons. The average Bonchev–Trinajstić information content (AvgIpc) is 2.29. The van der Waals surface area contributed by atoms with Crippen LogP contribution < -0.4 is 10.5 Å². The Kier molecular flexibility index (Phi) is 4.98. The molecule has 19 heavy (non-hydrogen) atoms. The summed E-state index contributed by atoms with van der Waals surface area (Å²) in [7, 11) is 0. The first-order valence-electron chi connectivity index (χ1n) is 5.39. The van der Waals surface area contributed by atoms with E-state index in [1.807, 2.05) is 0 Å². The monoisotopic (exact) mass is 281 g/mol. The fourth-order valence-corrected chi connectivity index (χ4v) is 1.52. The van der Waals surface area contributed by atoms with E-state index in [2.05, 4.69) is 4.74 Å². The molecule has 0 amide bonds. The number of aliphatic hydroxyl groups excluding tert-OH is 2. The molecule has 0 aliphatic rings. The molecule has 0 spiro atoms. The number of aliphatic hydroxyl groups is 2. The van der Waals surface area contributed by atoms with Crippen LogP contribution in [0.5, 0.6) is 11.5 Å². The van der Waals surface area contributed by atoms with Gasteiger partial charge in [0.1, 0.15) is 17.6 Å². The van der Waals surface area contributed by atoms with Crippen LogP contribution in [0.2, 0.25) is 0 Å². The lowest BCUT2D eigenvalue weighted by molar-refractivity contribution is -0.275. The van der Waals surface area contributed by atoms with Crippen LogP contribution in [-0.4, -0.2) is 34.3 Å². The summed E-state index contributed by atoms with van der Waals surface area (Å²) in [6.45, 7) is 0.0481. The molecular weight excluding hydrogens is 267 g/mol. The van der Waals surface area contributed by atoms with Gasteiger partial charge in [-0.25, -0.2) is 0 Å². The fourth-order valence-electron chi connectivity index (χ4n) is 1.52. The Hall–Kier alpha value is -1.51. The molecule has 2 atom stereocenters. The average molecular weight is 281 g/mol. The predicted octanol–water partition coefficient (Wildman–Crippen LogP) is 1.03. The third kappa shape index (κ3) is 4.58. The lowest BCUT2D eigenvalue weighted by Gasteiger charge is -2.21. The fraction of sp³-hybridized carbons (Fsp3) is 0.455. The number of phenols is 1. The number of alkyl halides is 3. The first kappa shape index (κ1) is 15.5. The summed E-state index contributed by atoms with van der Waals surface area (Å²) >= 11 is 0. The van der Waals surface area contributed by atoms with Crippen LogP contribution in [0.3, 0.4) is 0 Å². The zero-order valence-corrected chi connectivity index (χ0v) is 9.76. The Morgan fingerprint density at radius 3 is 2.42 bits per heavy atom. The van der Waals surface area contributed by atoms with Gasteiger partial charge in [0.25, 0.3) is 0 Å². The van der Waals surface area contributed by atoms with Crippen LogP contribution in [0.25, 0.3) is 0 Å². The van der Waals surface area contributed by atoms with Gasteiger partial charge >= 0.3 is 6.36 Å². The molecule has 0 aromatic heterocycles. The van der Waals surface area contributed by atoms with Crippen LogP contribution in [0.15, 0.2) is 18.2 Å². The van der Waals surface area contributed by atoms with Crippen molar-refractivity contribution in [2.45, 2.75) is 25.0 Å². The number of halogens is 3. The first-order valence-corrected chi connectivity index (χ1v) is 5.39. The van der Waals surface area contributed by atoms with E-state index in [-0.39, 0.29) is 24.3 Å². The number of aromatic hydroxyl groups is 1. The second-order valence-electron chi connectivity index (χ2n) is 3.86. The van der Waals surface area contributed by atoms with Gasteiger partial charge in [0, 0.05) is 5.56 Å². The van der Waals surface area contributed by atoms with Crippen molar-refractivity contribution in [2.24, 2.45) is 5.73 Å². The van der Waals surface area contributed by atoms with Gasteiger partial charge in [-0.05, 0) is 31.2 Å². The molecule has 0 aliphatic carbocycles. The maximum Gasteiger partial charge on any atom is 0.573 e. The maximum atomic E-state index is 12.2. The molecule has 0 saturated carbocycles. The Morgan fingerprint density at radius 2 is 1.89 bits per heavy atom. The van der Waals surface area contributed by atoms with Gasteiger partial charge in [0.15, 0.2) is 0 Å². The maximum absolute atomic E-state index is 12.2. The molecule has 0 saturated heterocycles. The van der Waals surface area contributed by atoms with Crippen molar-refractivity contribution in [3.05, 3.63) is 23.8 Å². The summed E-state index contributed by atoms with van der Waals surface area (Å²) in [5.41, 5.74) is 4.82. The number of ether oxygens (including phenoxy) is 1. The first-order chi connectivity index (χ1) is 8.74. The number of phenolic OH excluding ortho intramolecular Hbond substituents is 1. The number of rotatable bonds is 5. The predicted molar refractivity (Wildman–Crippen MR) is 59.4 cm³/mol. The lowest BCUT2D eigenvalue weighted by atomic mass is 10.0. The Bertz CT molecular complexity index is 425. The minimum absolute atomic E-state index is 0.0116. The third-order valence-corrected chi connectivity index (χ3v) is 2.36. The number of hydrogen-bond donors (Lipinski definition) is 4. The van der Waals surface area contributed by atoms with E-state index >= 15 is 0 Å². The van der Waals surface area contributed by atoms with Gasteiger partial charge in [-0.2, -0.15) is 0 Å². The van der Waals surface area contributed by atoms with Gasteiger partial charge < -0.3 is 25.8 Å². The van der Waals surface area contributed by atoms with E-state index in [9.17, 15) is 28.5 Å². The highest BCUT2D eigenvalue weighted by Gasteiger charge is 2.33. The quantitative estimate of drug-likeness (QED) is 0.646. The minimum atomic E-state index is -4.94. The van der Waals surface area contributed by atoms with E-state index in [0.717, 1.165) is 18.2 Å². The SMILES string of the molecule is NCCC(O)C(O)c1cc(O)ccc1OC(F)(F)F. The van der Waals surface area contributed by atoms with Crippen molar-refractivity contribution in [1.82, 2.24) is 0 Å². The van der Waals surface area contributed by atoms with E-state index in [0.29, 0.717) is 0 Å². The van der Waals surface area contributed by atoms with Gasteiger partial charge in [0.2, 0.25) is 0 Å². The molecule has 1 aromatic rings. The molecule has 1 rings (SSSR count). The summed E-state index contributed by atoms with van der Waals surface area (Å²) in [5.74, 6) is -1.04. The highest BCUT2D eigenvalue weighted by atomic mass is 19.4. The Labute approximate surface area is 107 Å². The lowest BCUT2D eigenvalue weighted by Crippen LogP contribution is -2.24. The molecule has 5 N–H and O–H groups in total. The molecule has 1 aromatic carbocycles. The number of benzene rings is 1. The summed E-state index contributed by atoms with van der Waals surface area (Å²) < 4.78 is 40.3. The van der Waals surface area contributed by atoms with Crippen LogP contribution in [-0.2, 0) is 0 Å². The van der Waals surface area contributed by atoms with E-state index < -0.39 is 24.3 Å². The molecular formula is C11H14F3NO4. The standard InChI is InChI=1S/C11H14F3NO4/c12-11(13,14)19-9-2-1-6(16)5-7(9)10(18)8(17)3-4-15/h1-2,5,8,10,16-18H,3-4,15H2. The van der Waals surface area contributed by atoms with Crippen molar-refractivity contribution in [2.75, 3.05) is 6.54 Å². The summed E-state index contributed by atoms with van der Waals surface area (Å²) in [4.78, 5) is 0. The number of nitrogens with two attached hydrogens (primary N) is 1. The van der Waals surface area contributed by atoms with E-state index in [1.165, 1.54) is 0 Å². The molecule has 2 unspecified atom stereocenters. The Morgan fingerprint density at radius 1 is 1.26 bits per heavy atom. The van der Waals surface area contributed by atoms with Crippen LogP contribution in [0.1, 0.15) is 18.1 Å². The zero-order chi connectivity index (χ0) is 14.6. The molecule has 8 heteroatoms. The molecule has 0 fully saturated rings. The van der Waals surface area contributed by atoms with Gasteiger partial charge in [-0.1, -0.05) is 0 Å². The Balaban J connectivity index is 3.06. The molecule has 0 bridgehead atoms. The topological polar surface area (TPSA) is 95.9 Å². The molecule has 0 aliphatic heterocycles. The van der Waals surface area contributed by atoms with Gasteiger partial charge in [-0.15, -0.1) is 13.2 Å². The second kappa shape index (κ2) is 6.09. The summed E-state index contributed by atoms with van der Waals surface area (Å²) in [5, 5.41) is 28.5. The smallest absolute Gasteiger partial charge is 0.508 e. The van der Waals surface area contributed by atoms with E-state index in [4.69, 9.17) is 5.73 Å². The van der Waals surface area contributed by atoms with Gasteiger partial charge in [-0.3, -0.25) is 0 Å². The molecule has 0 radical (unpaired) electrons. The summed E-state index contributed by atoms with van der Waals surface area (Å²) in [6.07, 6.45) is -7.96. The van der Waals surface area contributed by atoms with Crippen LogP contribution in [0.4, 0.5) is 13.2 Å². The van der Waals surface area contributed by atoms with Crippen LogP contribution >= 0.6 is 0 Å². The van der Waals surface area contributed by atoms with Crippen molar-refractivity contribution >= 4 is 0 Å². The van der Waals surface area contributed by atoms with Crippen molar-refractivity contribution in [3.8, 4) is 11.5 Å². The van der Waals surface area contributed by atoms with Crippen molar-refractivity contribution in [3.63, 3.8) is 0 Å². The van der Waals surface area contributed by atoms with Crippen LogP contribution in [0, 0.1) is 0 Å².